The number of phenolic OH excluding ortho intramolecular Hbond substituents is 1. The third-order valence-electron chi connectivity index (χ3n) is 11.0. The lowest BCUT2D eigenvalue weighted by Crippen LogP contribution is -2.40. The number of aromatic hydroxyl groups is 1. The zero-order valence-electron chi connectivity index (χ0n) is 27.3. The number of phenols is 1. The Morgan fingerprint density at radius 3 is 2.77 bits per heavy atom. The number of H-pyrrole nitrogens is 1. The van der Waals surface area contributed by atoms with Gasteiger partial charge in [0, 0.05) is 41.3 Å². The summed E-state index contributed by atoms with van der Waals surface area (Å²) in [6, 6.07) is 13.0. The van der Waals surface area contributed by atoms with Crippen molar-refractivity contribution in [3.05, 3.63) is 83.8 Å². The molecule has 9 atom stereocenters. The minimum Gasteiger partial charge on any atom is -0.504 e. The Bertz CT molecular complexity index is 1580. The fraction of sp³-hybridized carbons (Fsp3) is 0.513. The third-order valence-corrected chi connectivity index (χ3v) is 11.0. The van der Waals surface area contributed by atoms with Crippen molar-refractivity contribution in [3.8, 4) is 23.3 Å². The molecule has 1 aromatic carbocycles. The van der Waals surface area contributed by atoms with Gasteiger partial charge in [0.2, 0.25) is 0 Å². The number of hydrogen-bond donors (Lipinski definition) is 6. The molecule has 0 amide bonds. The van der Waals surface area contributed by atoms with Crippen LogP contribution in [-0.4, -0.2) is 55.3 Å². The molecular weight excluding hydrogens is 590 g/mol. The lowest BCUT2D eigenvalue weighted by Gasteiger charge is -2.34. The molecule has 3 aromatic rings. The van der Waals surface area contributed by atoms with E-state index in [1.165, 1.54) is 0 Å². The van der Waals surface area contributed by atoms with Crippen LogP contribution in [0.1, 0.15) is 86.9 Å². The fourth-order valence-corrected chi connectivity index (χ4v) is 8.17. The third kappa shape index (κ3) is 7.54. The highest BCUT2D eigenvalue weighted by Crippen LogP contribution is 2.46. The number of hydrogen-bond acceptors (Lipinski definition) is 7. The van der Waals surface area contributed by atoms with Gasteiger partial charge in [-0.2, -0.15) is 0 Å². The summed E-state index contributed by atoms with van der Waals surface area (Å²) in [5, 5.41) is 44.6. The van der Waals surface area contributed by atoms with Crippen LogP contribution in [0.25, 0.3) is 0 Å². The lowest BCUT2D eigenvalue weighted by molar-refractivity contribution is -0.0344. The molecule has 0 radical (unpaired) electrons. The molecule has 6 rings (SSSR count). The summed E-state index contributed by atoms with van der Waals surface area (Å²) in [4.78, 5) is 7.40. The molecule has 1 saturated carbocycles. The van der Waals surface area contributed by atoms with Crippen molar-refractivity contribution < 1.29 is 25.2 Å². The Labute approximate surface area is 278 Å². The van der Waals surface area contributed by atoms with E-state index < -0.39 is 18.3 Å². The van der Waals surface area contributed by atoms with Crippen LogP contribution in [0.3, 0.4) is 0 Å². The van der Waals surface area contributed by atoms with Crippen molar-refractivity contribution in [1.82, 2.24) is 9.97 Å². The van der Waals surface area contributed by atoms with Gasteiger partial charge in [-0.25, -0.2) is 4.98 Å². The first-order valence-corrected chi connectivity index (χ1v) is 17.3. The number of nitrogens with one attached hydrogen (secondary N) is 1. The van der Waals surface area contributed by atoms with Gasteiger partial charge in [0.15, 0.2) is 11.5 Å². The van der Waals surface area contributed by atoms with Gasteiger partial charge in [-0.05, 0) is 111 Å². The molecule has 2 heterocycles. The van der Waals surface area contributed by atoms with E-state index in [2.05, 4.69) is 40.9 Å². The molecule has 1 fully saturated rings. The summed E-state index contributed by atoms with van der Waals surface area (Å²) in [5.41, 5.74) is 8.93. The van der Waals surface area contributed by atoms with E-state index in [0.717, 1.165) is 55.3 Å². The normalized spacial score (nSPS) is 30.0. The predicted octanol–water partition coefficient (Wildman–Crippen LogP) is 5.85. The minimum absolute atomic E-state index is 0.00916. The van der Waals surface area contributed by atoms with Crippen LogP contribution in [0.2, 0.25) is 0 Å². The number of nitrogen functional groups attached to an aromatic ring is 1. The Morgan fingerprint density at radius 1 is 1.13 bits per heavy atom. The summed E-state index contributed by atoms with van der Waals surface area (Å²) < 4.78 is 6.31. The van der Waals surface area contributed by atoms with Gasteiger partial charge in [-0.3, -0.25) is 0 Å². The number of aliphatic hydroxyl groups is 3. The van der Waals surface area contributed by atoms with E-state index >= 15 is 0 Å². The molecular formula is C39H49N3O5. The number of fused-ring (bicyclic) bond motifs is 4. The van der Waals surface area contributed by atoms with Crippen LogP contribution in [0, 0.1) is 35.0 Å². The summed E-state index contributed by atoms with van der Waals surface area (Å²) in [7, 11) is 0. The fourth-order valence-electron chi connectivity index (χ4n) is 8.17. The maximum absolute atomic E-state index is 11.7. The highest BCUT2D eigenvalue weighted by molar-refractivity contribution is 5.44. The highest BCUT2D eigenvalue weighted by atomic mass is 16.5. The number of nitrogens with two attached hydrogens (primary N) is 1. The SMILES string of the molecule is CCC12C#CC3C=CC(c4ccc(O)c(OC(CO)CC(Cc5ccc[nH]5)c5ccnc(N)c5)c4)CC(O)C3C(O)C(CCC1)CC2. The molecule has 0 spiro atoms. The molecule has 8 heteroatoms. The van der Waals surface area contributed by atoms with E-state index in [-0.39, 0.29) is 53.1 Å². The molecule has 0 saturated heterocycles. The van der Waals surface area contributed by atoms with E-state index in [0.29, 0.717) is 25.1 Å². The van der Waals surface area contributed by atoms with Gasteiger partial charge in [0.05, 0.1) is 18.8 Å². The van der Waals surface area contributed by atoms with E-state index in [9.17, 15) is 20.4 Å². The standard InChI is InChI=1S/C39H49N3O5/c1-2-39-14-3-5-26(12-16-39)38(46)37-25(11-15-39)7-8-27(21-34(37)45)28-9-10-33(44)35(22-28)47-32(24-43)20-30(19-31-6-4-17-41-31)29-13-18-42-36(40)23-29/h4,6-10,13,17-18,22-23,25-27,30,32,34,37-38,41,43-46H,2-3,5,12,14,16,19-21,24H2,1H3,(H2,40,42). The molecule has 7 N–H and O–H groups in total. The molecule has 47 heavy (non-hydrogen) atoms. The molecule has 8 nitrogen and oxygen atoms in total. The van der Waals surface area contributed by atoms with Crippen LogP contribution in [0.15, 0.2) is 67.0 Å². The number of benzene rings is 1. The van der Waals surface area contributed by atoms with E-state index in [1.54, 1.807) is 12.3 Å². The monoisotopic (exact) mass is 639 g/mol. The first kappa shape index (κ1) is 33.1. The van der Waals surface area contributed by atoms with Crippen molar-refractivity contribution in [3.63, 3.8) is 0 Å². The van der Waals surface area contributed by atoms with Gasteiger partial charge in [0.1, 0.15) is 11.9 Å². The molecule has 250 valence electrons. The number of nitrogens with zero attached hydrogens (tertiary/aromatic N) is 1. The zero-order valence-corrected chi connectivity index (χ0v) is 27.3. The summed E-state index contributed by atoms with van der Waals surface area (Å²) in [5.74, 6) is 7.24. The quantitative estimate of drug-likeness (QED) is 0.121. The molecule has 2 aromatic heterocycles. The Balaban J connectivity index is 1.23. The molecule has 0 aliphatic heterocycles. The van der Waals surface area contributed by atoms with Crippen LogP contribution < -0.4 is 10.5 Å². The van der Waals surface area contributed by atoms with Crippen molar-refractivity contribution in [2.75, 3.05) is 12.3 Å². The largest absolute Gasteiger partial charge is 0.504 e. The van der Waals surface area contributed by atoms with E-state index in [1.807, 2.05) is 42.6 Å². The number of pyridine rings is 1. The number of ether oxygens (including phenoxy) is 1. The second-order valence-electron chi connectivity index (χ2n) is 14.0. The second-order valence-corrected chi connectivity index (χ2v) is 14.0. The maximum Gasteiger partial charge on any atom is 0.161 e. The van der Waals surface area contributed by atoms with Gasteiger partial charge < -0.3 is 35.9 Å². The van der Waals surface area contributed by atoms with Gasteiger partial charge in [0.25, 0.3) is 0 Å². The molecule has 2 bridgehead atoms. The highest BCUT2D eigenvalue weighted by Gasteiger charge is 2.42. The summed E-state index contributed by atoms with van der Waals surface area (Å²) in [6.45, 7) is 1.98. The number of anilines is 1. The van der Waals surface area contributed by atoms with Crippen LogP contribution >= 0.6 is 0 Å². The topological polar surface area (TPSA) is 145 Å². The van der Waals surface area contributed by atoms with Crippen molar-refractivity contribution in [2.24, 2.45) is 23.2 Å². The summed E-state index contributed by atoms with van der Waals surface area (Å²) >= 11 is 0. The minimum atomic E-state index is -0.745. The molecule has 3 aliphatic carbocycles. The Kier molecular flexibility index (Phi) is 10.3. The van der Waals surface area contributed by atoms with Crippen molar-refractivity contribution in [1.29, 1.82) is 0 Å². The van der Waals surface area contributed by atoms with Crippen LogP contribution in [-0.2, 0) is 6.42 Å². The number of aromatic amines is 1. The van der Waals surface area contributed by atoms with Gasteiger partial charge >= 0.3 is 0 Å². The van der Waals surface area contributed by atoms with E-state index in [4.69, 9.17) is 10.5 Å². The number of aromatic nitrogens is 2. The summed E-state index contributed by atoms with van der Waals surface area (Å²) in [6.07, 6.45) is 13.4. The first-order valence-electron chi connectivity index (χ1n) is 17.3. The Hall–Kier alpha value is -3.77. The maximum atomic E-state index is 11.7. The average molecular weight is 640 g/mol. The number of rotatable bonds is 10. The molecule has 9 unspecified atom stereocenters. The van der Waals surface area contributed by atoms with Crippen LogP contribution in [0.4, 0.5) is 5.82 Å². The van der Waals surface area contributed by atoms with Gasteiger partial charge in [-0.1, -0.05) is 43.4 Å². The van der Waals surface area contributed by atoms with Crippen molar-refractivity contribution >= 4 is 5.82 Å². The van der Waals surface area contributed by atoms with Gasteiger partial charge in [-0.15, -0.1) is 0 Å². The predicted molar refractivity (Wildman–Crippen MR) is 183 cm³/mol. The van der Waals surface area contributed by atoms with Crippen molar-refractivity contribution in [2.45, 2.75) is 94.9 Å². The zero-order chi connectivity index (χ0) is 33.0. The average Bonchev–Trinajstić information content (AvgIpc) is 3.43. The van der Waals surface area contributed by atoms with Crippen LogP contribution in [0.5, 0.6) is 11.5 Å². The Morgan fingerprint density at radius 2 is 2.00 bits per heavy atom. The smallest absolute Gasteiger partial charge is 0.161 e. The molecule has 3 aliphatic rings. The first-order chi connectivity index (χ1) is 22.8. The number of aliphatic hydroxyl groups excluding tert-OH is 3. The second kappa shape index (κ2) is 14.6. The lowest BCUT2D eigenvalue weighted by atomic mass is 9.76. The number of allylic oxidation sites excluding steroid dienone is 2.